The van der Waals surface area contributed by atoms with Crippen LogP contribution in [0.1, 0.15) is 50.4 Å². The summed E-state index contributed by atoms with van der Waals surface area (Å²) in [5.41, 5.74) is 1.37. The fourth-order valence-corrected chi connectivity index (χ4v) is 3.10. The topological polar surface area (TPSA) is 134 Å². The van der Waals surface area contributed by atoms with Gasteiger partial charge in [0.05, 0.1) is 13.7 Å². The van der Waals surface area contributed by atoms with Crippen LogP contribution in [-0.2, 0) is 23.9 Å². The second kappa shape index (κ2) is 12.2. The Labute approximate surface area is 194 Å². The number of esters is 1. The normalized spacial score (nSPS) is 12.8. The number of aliphatic hydroxyl groups is 1. The first kappa shape index (κ1) is 27.9. The lowest BCUT2D eigenvalue weighted by atomic mass is 9.96. The van der Waals surface area contributed by atoms with Gasteiger partial charge in [-0.25, -0.2) is 4.79 Å². The zero-order valence-electron chi connectivity index (χ0n) is 20.4. The maximum absolute atomic E-state index is 13.3. The second-order valence-corrected chi connectivity index (χ2v) is 8.68. The number of carbonyl (C=O) groups excluding carboxylic acids is 4. The molecular weight excluding hydrogens is 430 g/mol. The van der Waals surface area contributed by atoms with Crippen LogP contribution in [-0.4, -0.2) is 72.3 Å². The number of amides is 3. The van der Waals surface area contributed by atoms with E-state index in [9.17, 15) is 24.3 Å². The molecule has 0 radical (unpaired) electrons. The Hall–Kier alpha value is -3.14. The van der Waals surface area contributed by atoms with Crippen molar-refractivity contribution in [3.63, 3.8) is 0 Å². The van der Waals surface area contributed by atoms with E-state index in [-0.39, 0.29) is 13.1 Å². The molecule has 0 aromatic heterocycles. The van der Waals surface area contributed by atoms with Gasteiger partial charge in [-0.05, 0) is 52.7 Å². The lowest BCUT2D eigenvalue weighted by Gasteiger charge is -2.34. The van der Waals surface area contributed by atoms with Crippen LogP contribution < -0.4 is 10.6 Å². The predicted octanol–water partition coefficient (Wildman–Crippen LogP) is 1.37. The highest BCUT2D eigenvalue weighted by Crippen LogP contribution is 2.26. The number of aliphatic hydroxyl groups excluding tert-OH is 1. The molecule has 1 rings (SSSR count). The molecule has 0 bridgehead atoms. The number of aryl methyl sites for hydroxylation is 2. The molecular formula is C23H35N3O7. The summed E-state index contributed by atoms with van der Waals surface area (Å²) in [5, 5.41) is 14.6. The minimum atomic E-state index is -1.16. The van der Waals surface area contributed by atoms with Crippen LogP contribution in [0.5, 0.6) is 0 Å². The van der Waals surface area contributed by atoms with Gasteiger partial charge in [-0.1, -0.05) is 23.8 Å². The molecule has 2 unspecified atom stereocenters. The summed E-state index contributed by atoms with van der Waals surface area (Å²) in [6, 6.07) is 3.24. The molecule has 0 aliphatic rings. The Morgan fingerprint density at radius 3 is 2.33 bits per heavy atom. The van der Waals surface area contributed by atoms with Crippen LogP contribution in [0, 0.1) is 13.8 Å². The van der Waals surface area contributed by atoms with Crippen LogP contribution in [0.15, 0.2) is 18.2 Å². The quantitative estimate of drug-likeness (QED) is 0.469. The van der Waals surface area contributed by atoms with Gasteiger partial charge in [0.1, 0.15) is 24.2 Å². The van der Waals surface area contributed by atoms with Gasteiger partial charge in [-0.2, -0.15) is 0 Å². The van der Waals surface area contributed by atoms with Crippen LogP contribution in [0.2, 0.25) is 0 Å². The van der Waals surface area contributed by atoms with E-state index in [2.05, 4.69) is 15.4 Å². The molecule has 10 heteroatoms. The molecule has 3 amide bonds. The highest BCUT2D eigenvalue weighted by Gasteiger charge is 2.35. The zero-order chi connectivity index (χ0) is 25.3. The molecule has 184 valence electrons. The van der Waals surface area contributed by atoms with Crippen molar-refractivity contribution in [2.75, 3.05) is 26.8 Å². The molecule has 0 heterocycles. The van der Waals surface area contributed by atoms with Crippen LogP contribution in [0.25, 0.3) is 0 Å². The van der Waals surface area contributed by atoms with E-state index in [0.717, 1.165) is 11.1 Å². The highest BCUT2D eigenvalue weighted by atomic mass is 16.6. The van der Waals surface area contributed by atoms with E-state index >= 15 is 0 Å². The first-order valence-corrected chi connectivity index (χ1v) is 10.6. The number of methoxy groups -OCH3 is 1. The number of hydrogen-bond donors (Lipinski definition) is 3. The van der Waals surface area contributed by atoms with Gasteiger partial charge in [-0.3, -0.25) is 14.4 Å². The number of hydrogen-bond acceptors (Lipinski definition) is 7. The number of nitrogens with one attached hydrogen (secondary N) is 2. The van der Waals surface area contributed by atoms with E-state index in [0.29, 0.717) is 5.56 Å². The van der Waals surface area contributed by atoms with E-state index in [1.165, 1.54) is 18.9 Å². The molecule has 1 aromatic carbocycles. The number of carbonyl (C=O) groups is 4. The van der Waals surface area contributed by atoms with Crippen molar-refractivity contribution in [3.8, 4) is 0 Å². The Morgan fingerprint density at radius 1 is 1.15 bits per heavy atom. The van der Waals surface area contributed by atoms with Crippen LogP contribution >= 0.6 is 0 Å². The molecule has 0 spiro atoms. The molecule has 33 heavy (non-hydrogen) atoms. The third-order valence-corrected chi connectivity index (χ3v) is 4.65. The van der Waals surface area contributed by atoms with Crippen molar-refractivity contribution >= 4 is 23.9 Å². The van der Waals surface area contributed by atoms with Gasteiger partial charge in [0.15, 0.2) is 0 Å². The smallest absolute Gasteiger partial charge is 0.408 e. The molecule has 2 atom stereocenters. The Kier molecular flexibility index (Phi) is 10.3. The van der Waals surface area contributed by atoms with E-state index in [1.807, 2.05) is 19.1 Å². The van der Waals surface area contributed by atoms with E-state index < -0.39 is 48.2 Å². The summed E-state index contributed by atoms with van der Waals surface area (Å²) >= 11 is 0. The van der Waals surface area contributed by atoms with Crippen molar-refractivity contribution in [3.05, 3.63) is 34.9 Å². The molecule has 0 saturated heterocycles. The first-order chi connectivity index (χ1) is 15.3. The van der Waals surface area contributed by atoms with Gasteiger partial charge in [-0.15, -0.1) is 0 Å². The molecule has 0 saturated carbocycles. The molecule has 0 aliphatic heterocycles. The minimum Gasteiger partial charge on any atom is -0.468 e. The van der Waals surface area contributed by atoms with E-state index in [4.69, 9.17) is 4.74 Å². The third kappa shape index (κ3) is 8.72. The Bertz CT molecular complexity index is 864. The van der Waals surface area contributed by atoms with Crippen molar-refractivity contribution in [2.24, 2.45) is 0 Å². The highest BCUT2D eigenvalue weighted by molar-refractivity contribution is 5.93. The summed E-state index contributed by atoms with van der Waals surface area (Å²) in [5.74, 6) is -1.88. The lowest BCUT2D eigenvalue weighted by Crippen LogP contribution is -2.53. The van der Waals surface area contributed by atoms with Gasteiger partial charge in [0, 0.05) is 6.54 Å². The average molecular weight is 466 g/mol. The number of benzene rings is 1. The summed E-state index contributed by atoms with van der Waals surface area (Å²) in [7, 11) is 1.20. The fourth-order valence-electron chi connectivity index (χ4n) is 3.10. The maximum Gasteiger partial charge on any atom is 0.408 e. The minimum absolute atomic E-state index is 0.178. The van der Waals surface area contributed by atoms with Gasteiger partial charge >= 0.3 is 12.1 Å². The summed E-state index contributed by atoms with van der Waals surface area (Å²) < 4.78 is 9.77. The third-order valence-electron chi connectivity index (χ3n) is 4.65. The summed E-state index contributed by atoms with van der Waals surface area (Å²) in [4.78, 5) is 51.4. The number of rotatable bonds is 9. The maximum atomic E-state index is 13.3. The molecule has 0 aliphatic carbocycles. The standard InChI is InChI=1S/C23H35N3O7/c1-14-8-9-15(2)17(12-14)19(20(29)24-13-18(28)32-7)26(10-11-27)21(30)16(3)25-22(31)33-23(4,5)6/h8-9,12,16,19,27H,10-11,13H2,1-7H3,(H,24,29)(H,25,31). The van der Waals surface area contributed by atoms with Gasteiger partial charge in [0.25, 0.3) is 0 Å². The molecule has 3 N–H and O–H groups in total. The lowest BCUT2D eigenvalue weighted by molar-refractivity contribution is -0.145. The van der Waals surface area contributed by atoms with Crippen LogP contribution in [0.3, 0.4) is 0 Å². The number of ether oxygens (including phenoxy) is 2. The molecule has 10 nitrogen and oxygen atoms in total. The van der Waals surface area contributed by atoms with E-state index in [1.54, 1.807) is 33.8 Å². The largest absolute Gasteiger partial charge is 0.468 e. The SMILES string of the molecule is COC(=O)CNC(=O)C(c1cc(C)ccc1C)N(CCO)C(=O)C(C)NC(=O)OC(C)(C)C. The zero-order valence-corrected chi connectivity index (χ0v) is 20.4. The number of alkyl carbamates (subject to hydrolysis) is 1. The Balaban J connectivity index is 3.32. The van der Waals surface area contributed by atoms with Crippen molar-refractivity contribution in [1.82, 2.24) is 15.5 Å². The predicted molar refractivity (Wildman–Crippen MR) is 121 cm³/mol. The summed E-state index contributed by atoms with van der Waals surface area (Å²) in [6.45, 7) is 9.20. The van der Waals surface area contributed by atoms with Gasteiger partial charge < -0.3 is 30.1 Å². The molecule has 0 fully saturated rings. The number of nitrogens with zero attached hydrogens (tertiary/aromatic N) is 1. The second-order valence-electron chi connectivity index (χ2n) is 8.68. The first-order valence-electron chi connectivity index (χ1n) is 10.6. The van der Waals surface area contributed by atoms with Gasteiger partial charge in [0.2, 0.25) is 11.8 Å². The van der Waals surface area contributed by atoms with Crippen molar-refractivity contribution in [2.45, 2.75) is 59.2 Å². The van der Waals surface area contributed by atoms with Crippen molar-refractivity contribution < 1.29 is 33.8 Å². The Morgan fingerprint density at radius 2 is 1.79 bits per heavy atom. The average Bonchev–Trinajstić information content (AvgIpc) is 2.71. The van der Waals surface area contributed by atoms with Crippen molar-refractivity contribution in [1.29, 1.82) is 0 Å². The van der Waals surface area contributed by atoms with Crippen LogP contribution in [0.4, 0.5) is 4.79 Å². The summed E-state index contributed by atoms with van der Waals surface area (Å²) in [6.07, 6.45) is -0.786. The molecule has 1 aromatic rings. The monoisotopic (exact) mass is 465 g/mol. The fraction of sp³-hybridized carbons (Fsp3) is 0.565.